The van der Waals surface area contributed by atoms with E-state index in [0.717, 1.165) is 19.0 Å². The van der Waals surface area contributed by atoms with Crippen LogP contribution in [0.25, 0.3) is 0 Å². The first kappa shape index (κ1) is 13.6. The van der Waals surface area contributed by atoms with Gasteiger partial charge in [0.1, 0.15) is 0 Å². The maximum atomic E-state index is 5.86. The Morgan fingerprint density at radius 3 is 2.28 bits per heavy atom. The highest BCUT2D eigenvalue weighted by Gasteiger charge is 2.28. The van der Waals surface area contributed by atoms with Gasteiger partial charge in [0, 0.05) is 13.1 Å². The quantitative estimate of drug-likeness (QED) is 0.804. The predicted octanol–water partition coefficient (Wildman–Crippen LogP) is 3.88. The summed E-state index contributed by atoms with van der Waals surface area (Å²) in [5.74, 6) is 0.828. The zero-order valence-corrected chi connectivity index (χ0v) is 11.9. The van der Waals surface area contributed by atoms with E-state index in [1.165, 1.54) is 18.4 Å². The van der Waals surface area contributed by atoms with Gasteiger partial charge in [-0.3, -0.25) is 4.84 Å². The lowest BCUT2D eigenvalue weighted by Gasteiger charge is -2.38. The first-order valence-electron chi connectivity index (χ1n) is 6.97. The Hall–Kier alpha value is -0.860. The van der Waals surface area contributed by atoms with Crippen LogP contribution in [0.1, 0.15) is 39.2 Å². The van der Waals surface area contributed by atoms with Crippen molar-refractivity contribution in [2.45, 2.75) is 40.2 Å². The van der Waals surface area contributed by atoms with Crippen molar-refractivity contribution >= 4 is 0 Å². The van der Waals surface area contributed by atoms with Crippen molar-refractivity contribution < 1.29 is 4.84 Å². The third kappa shape index (κ3) is 3.82. The van der Waals surface area contributed by atoms with Crippen LogP contribution in [0.15, 0.2) is 30.3 Å². The average molecular weight is 247 g/mol. The molecule has 2 heteroatoms. The molecule has 0 amide bonds. The van der Waals surface area contributed by atoms with Gasteiger partial charge in [-0.15, -0.1) is 0 Å². The number of hydrogen-bond donors (Lipinski definition) is 0. The van der Waals surface area contributed by atoms with Crippen molar-refractivity contribution in [1.82, 2.24) is 5.06 Å². The lowest BCUT2D eigenvalue weighted by atomic mass is 9.75. The molecule has 0 saturated carbocycles. The normalized spacial score (nSPS) is 19.1. The van der Waals surface area contributed by atoms with Crippen molar-refractivity contribution in [2.75, 3.05) is 13.1 Å². The molecular formula is C16H25NO. The summed E-state index contributed by atoms with van der Waals surface area (Å²) in [6, 6.07) is 10.4. The van der Waals surface area contributed by atoms with Crippen LogP contribution in [0.2, 0.25) is 0 Å². The van der Waals surface area contributed by atoms with Crippen molar-refractivity contribution in [2.24, 2.45) is 11.3 Å². The fraction of sp³-hybridized carbons (Fsp3) is 0.625. The van der Waals surface area contributed by atoms with E-state index in [-0.39, 0.29) is 0 Å². The van der Waals surface area contributed by atoms with Crippen LogP contribution in [-0.4, -0.2) is 18.2 Å². The van der Waals surface area contributed by atoms with Gasteiger partial charge in [-0.25, -0.2) is 0 Å². The molecule has 2 rings (SSSR count). The summed E-state index contributed by atoms with van der Waals surface area (Å²) in [5.41, 5.74) is 1.68. The zero-order valence-electron chi connectivity index (χ0n) is 11.9. The lowest BCUT2D eigenvalue weighted by Crippen LogP contribution is -2.37. The van der Waals surface area contributed by atoms with Gasteiger partial charge in [0.25, 0.3) is 0 Å². The molecule has 0 bridgehead atoms. The summed E-state index contributed by atoms with van der Waals surface area (Å²) in [6.45, 7) is 9.86. The summed E-state index contributed by atoms with van der Waals surface area (Å²) >= 11 is 0. The van der Waals surface area contributed by atoms with Crippen molar-refractivity contribution in [3.05, 3.63) is 35.9 Å². The van der Waals surface area contributed by atoms with E-state index in [1.807, 2.05) is 6.07 Å². The summed E-state index contributed by atoms with van der Waals surface area (Å²) < 4.78 is 0. The molecule has 0 aliphatic carbocycles. The van der Waals surface area contributed by atoms with E-state index in [1.54, 1.807) is 0 Å². The predicted molar refractivity (Wildman–Crippen MR) is 75.0 cm³/mol. The maximum absolute atomic E-state index is 5.86. The summed E-state index contributed by atoms with van der Waals surface area (Å²) in [6.07, 6.45) is 2.50. The maximum Gasteiger partial charge on any atom is 0.0935 e. The van der Waals surface area contributed by atoms with Gasteiger partial charge in [-0.1, -0.05) is 51.1 Å². The smallest absolute Gasteiger partial charge is 0.0935 e. The monoisotopic (exact) mass is 247 g/mol. The highest BCUT2D eigenvalue weighted by atomic mass is 16.7. The van der Waals surface area contributed by atoms with Gasteiger partial charge in [0.2, 0.25) is 0 Å². The minimum absolute atomic E-state index is 0.436. The number of rotatable bonds is 3. The van der Waals surface area contributed by atoms with Crippen LogP contribution in [0.5, 0.6) is 0 Å². The third-order valence-corrected chi connectivity index (χ3v) is 3.94. The van der Waals surface area contributed by atoms with Gasteiger partial charge in [-0.05, 0) is 29.7 Å². The number of nitrogens with zero attached hydrogens (tertiary/aromatic N) is 1. The molecule has 2 nitrogen and oxygen atoms in total. The standard InChI is InChI=1S/C16H25NO/c1-16(2,3)15-9-11-17(12-10-15)18-13-14-7-5-4-6-8-14/h4-8,15H,9-13H2,1-3H3. The zero-order chi connectivity index (χ0) is 13.0. The van der Waals surface area contributed by atoms with Crippen molar-refractivity contribution in [3.63, 3.8) is 0 Å². The second-order valence-corrected chi connectivity index (χ2v) is 6.33. The van der Waals surface area contributed by atoms with Gasteiger partial charge in [0.15, 0.2) is 0 Å². The second-order valence-electron chi connectivity index (χ2n) is 6.33. The highest BCUT2D eigenvalue weighted by molar-refractivity contribution is 5.13. The molecule has 1 heterocycles. The van der Waals surface area contributed by atoms with Crippen LogP contribution < -0.4 is 0 Å². The summed E-state index contributed by atoms with van der Waals surface area (Å²) in [7, 11) is 0. The van der Waals surface area contributed by atoms with E-state index in [4.69, 9.17) is 4.84 Å². The molecule has 1 aliphatic rings. The number of hydrogen-bond acceptors (Lipinski definition) is 2. The lowest BCUT2D eigenvalue weighted by molar-refractivity contribution is -0.187. The number of hydroxylamine groups is 2. The fourth-order valence-electron chi connectivity index (χ4n) is 2.59. The molecule has 1 aromatic rings. The Balaban J connectivity index is 1.74. The van der Waals surface area contributed by atoms with Gasteiger partial charge in [0.05, 0.1) is 6.61 Å². The third-order valence-electron chi connectivity index (χ3n) is 3.94. The molecule has 0 atom stereocenters. The topological polar surface area (TPSA) is 12.5 Å². The molecule has 0 N–H and O–H groups in total. The molecule has 1 fully saturated rings. The molecule has 18 heavy (non-hydrogen) atoms. The molecule has 1 aromatic carbocycles. The van der Waals surface area contributed by atoms with E-state index < -0.39 is 0 Å². The molecule has 1 saturated heterocycles. The van der Waals surface area contributed by atoms with Crippen molar-refractivity contribution in [3.8, 4) is 0 Å². The Morgan fingerprint density at radius 1 is 1.11 bits per heavy atom. The molecule has 0 radical (unpaired) electrons. The minimum Gasteiger partial charge on any atom is -0.294 e. The number of piperidine rings is 1. The van der Waals surface area contributed by atoms with Crippen LogP contribution in [0.3, 0.4) is 0 Å². The SMILES string of the molecule is CC(C)(C)C1CCN(OCc2ccccc2)CC1. The summed E-state index contributed by atoms with van der Waals surface area (Å²) in [5, 5.41) is 2.13. The van der Waals surface area contributed by atoms with Gasteiger partial charge >= 0.3 is 0 Å². The molecule has 100 valence electrons. The van der Waals surface area contributed by atoms with Crippen LogP contribution >= 0.6 is 0 Å². The van der Waals surface area contributed by atoms with E-state index >= 15 is 0 Å². The first-order valence-corrected chi connectivity index (χ1v) is 6.97. The van der Waals surface area contributed by atoms with Crippen LogP contribution in [0, 0.1) is 11.3 Å². The first-order chi connectivity index (χ1) is 8.55. The Morgan fingerprint density at radius 2 is 1.72 bits per heavy atom. The van der Waals surface area contributed by atoms with E-state index in [2.05, 4.69) is 50.1 Å². The van der Waals surface area contributed by atoms with E-state index in [0.29, 0.717) is 12.0 Å². The molecule has 0 unspecified atom stereocenters. The van der Waals surface area contributed by atoms with E-state index in [9.17, 15) is 0 Å². The molecular weight excluding hydrogens is 222 g/mol. The van der Waals surface area contributed by atoms with Gasteiger partial charge < -0.3 is 0 Å². The Labute approximate surface area is 111 Å². The fourth-order valence-corrected chi connectivity index (χ4v) is 2.59. The Bertz CT molecular complexity index is 347. The average Bonchev–Trinajstić information content (AvgIpc) is 2.37. The largest absolute Gasteiger partial charge is 0.294 e. The summed E-state index contributed by atoms with van der Waals surface area (Å²) in [4.78, 5) is 5.86. The van der Waals surface area contributed by atoms with Gasteiger partial charge in [-0.2, -0.15) is 5.06 Å². The number of benzene rings is 1. The second kappa shape index (κ2) is 5.85. The molecule has 1 aliphatic heterocycles. The highest BCUT2D eigenvalue weighted by Crippen LogP contribution is 2.34. The molecule has 0 aromatic heterocycles. The van der Waals surface area contributed by atoms with Crippen molar-refractivity contribution in [1.29, 1.82) is 0 Å². The Kier molecular flexibility index (Phi) is 4.41. The minimum atomic E-state index is 0.436. The molecule has 0 spiro atoms. The van der Waals surface area contributed by atoms with Crippen LogP contribution in [-0.2, 0) is 11.4 Å². The van der Waals surface area contributed by atoms with Crippen LogP contribution in [0.4, 0.5) is 0 Å².